The van der Waals surface area contributed by atoms with E-state index in [4.69, 9.17) is 9.47 Å². The van der Waals surface area contributed by atoms with Gasteiger partial charge in [0.2, 0.25) is 10.0 Å². The quantitative estimate of drug-likeness (QED) is 0.521. The predicted molar refractivity (Wildman–Crippen MR) is 126 cm³/mol. The van der Waals surface area contributed by atoms with E-state index in [-0.39, 0.29) is 23.6 Å². The highest BCUT2D eigenvalue weighted by molar-refractivity contribution is 7.89. The first-order chi connectivity index (χ1) is 16.2. The number of benzene rings is 3. The average Bonchev–Trinajstić information content (AvgIpc) is 2.83. The Morgan fingerprint density at radius 3 is 2.47 bits per heavy atom. The summed E-state index contributed by atoms with van der Waals surface area (Å²) in [5.41, 5.74) is 1.20. The Balaban J connectivity index is 1.44. The van der Waals surface area contributed by atoms with Crippen LogP contribution in [0.1, 0.15) is 35.7 Å². The number of para-hydroxylation sites is 2. The molecule has 1 amide bonds. The van der Waals surface area contributed by atoms with Crippen LogP contribution in [0.4, 0.5) is 10.1 Å². The first-order valence-electron chi connectivity index (χ1n) is 10.8. The number of amides is 1. The molecule has 1 aliphatic rings. The van der Waals surface area contributed by atoms with Crippen molar-refractivity contribution in [1.29, 1.82) is 0 Å². The molecule has 0 bridgehead atoms. The van der Waals surface area contributed by atoms with E-state index in [9.17, 15) is 17.6 Å². The van der Waals surface area contributed by atoms with Gasteiger partial charge < -0.3 is 14.8 Å². The summed E-state index contributed by atoms with van der Waals surface area (Å²) in [4.78, 5) is 12.4. The third-order valence-electron chi connectivity index (χ3n) is 5.40. The maximum absolute atomic E-state index is 14.4. The molecular weight excluding hydrogens is 459 g/mol. The van der Waals surface area contributed by atoms with Crippen molar-refractivity contribution in [3.05, 3.63) is 83.7 Å². The molecule has 0 aromatic heterocycles. The summed E-state index contributed by atoms with van der Waals surface area (Å²) in [6.07, 6.45) is -0.540. The number of anilines is 1. The van der Waals surface area contributed by atoms with E-state index >= 15 is 0 Å². The van der Waals surface area contributed by atoms with Gasteiger partial charge in [-0.1, -0.05) is 38.1 Å². The number of rotatable bonds is 7. The largest absolute Gasteiger partial charge is 0.486 e. The van der Waals surface area contributed by atoms with Crippen LogP contribution >= 0.6 is 0 Å². The molecule has 0 unspecified atom stereocenters. The number of nitrogens with one attached hydrogen (secondary N) is 2. The number of carbonyl (C=O) groups is 1. The van der Waals surface area contributed by atoms with E-state index in [0.29, 0.717) is 23.1 Å². The van der Waals surface area contributed by atoms with Crippen molar-refractivity contribution in [2.24, 2.45) is 0 Å². The molecule has 1 aliphatic heterocycles. The first kappa shape index (κ1) is 23.7. The number of ether oxygens (including phenoxy) is 2. The van der Waals surface area contributed by atoms with Gasteiger partial charge in [0.15, 0.2) is 11.5 Å². The van der Waals surface area contributed by atoms with Crippen molar-refractivity contribution < 1.29 is 27.1 Å². The molecule has 2 N–H and O–H groups in total. The van der Waals surface area contributed by atoms with Crippen molar-refractivity contribution in [3.8, 4) is 11.5 Å². The van der Waals surface area contributed by atoms with Crippen LogP contribution in [0.3, 0.4) is 0 Å². The number of fused-ring (bicyclic) bond motifs is 1. The summed E-state index contributed by atoms with van der Waals surface area (Å²) in [6, 6.07) is 17.4. The molecule has 0 fully saturated rings. The molecule has 9 heteroatoms. The van der Waals surface area contributed by atoms with E-state index in [2.05, 4.69) is 23.9 Å². The maximum Gasteiger partial charge on any atom is 0.258 e. The number of halogens is 1. The van der Waals surface area contributed by atoms with Crippen LogP contribution in [0.15, 0.2) is 71.6 Å². The Morgan fingerprint density at radius 1 is 1.06 bits per heavy atom. The minimum atomic E-state index is -4.03. The summed E-state index contributed by atoms with van der Waals surface area (Å²) < 4.78 is 53.8. The summed E-state index contributed by atoms with van der Waals surface area (Å²) in [7, 11) is -4.03. The smallest absolute Gasteiger partial charge is 0.258 e. The molecule has 0 spiro atoms. The van der Waals surface area contributed by atoms with Gasteiger partial charge in [0.25, 0.3) is 5.91 Å². The van der Waals surface area contributed by atoms with Crippen molar-refractivity contribution in [1.82, 2.24) is 4.72 Å². The number of carbonyl (C=O) groups excluding carboxylic acids is 1. The second kappa shape index (κ2) is 9.82. The molecule has 0 aliphatic carbocycles. The van der Waals surface area contributed by atoms with E-state index < -0.39 is 27.9 Å². The Kier molecular flexibility index (Phi) is 6.85. The molecule has 178 valence electrons. The van der Waals surface area contributed by atoms with Crippen molar-refractivity contribution >= 4 is 21.6 Å². The highest BCUT2D eigenvalue weighted by Gasteiger charge is 2.25. The SMILES string of the molecule is CC(C)c1ccc(NC(=O)c2cc(S(=O)(=O)NC[C@H]3COc4ccccc4O3)ccc2F)cc1. The van der Waals surface area contributed by atoms with Crippen molar-refractivity contribution in [2.75, 3.05) is 18.5 Å². The predicted octanol–water partition coefficient (Wildman–Crippen LogP) is 4.32. The van der Waals surface area contributed by atoms with Crippen LogP contribution in [0.25, 0.3) is 0 Å². The third-order valence-corrected chi connectivity index (χ3v) is 6.82. The minimum Gasteiger partial charge on any atom is -0.486 e. The van der Waals surface area contributed by atoms with Gasteiger partial charge in [-0.3, -0.25) is 4.79 Å². The zero-order valence-corrected chi connectivity index (χ0v) is 19.6. The number of hydrogen-bond acceptors (Lipinski definition) is 5. The monoisotopic (exact) mass is 484 g/mol. The van der Waals surface area contributed by atoms with Gasteiger partial charge in [0.1, 0.15) is 18.5 Å². The molecule has 1 heterocycles. The van der Waals surface area contributed by atoms with E-state index in [1.807, 2.05) is 18.2 Å². The molecular formula is C25H25FN2O5S. The highest BCUT2D eigenvalue weighted by Crippen LogP contribution is 2.30. The van der Waals surface area contributed by atoms with Gasteiger partial charge >= 0.3 is 0 Å². The standard InChI is InChI=1S/C25H25FN2O5S/c1-16(2)17-7-9-18(10-8-17)28-25(29)21-13-20(11-12-22(21)26)34(30,31)27-14-19-15-32-23-5-3-4-6-24(23)33-19/h3-13,16,19,27H,14-15H2,1-2H3,(H,28,29)/t19-/m0/s1. The van der Waals surface area contributed by atoms with Gasteiger partial charge in [0.05, 0.1) is 17.0 Å². The Bertz CT molecular complexity index is 1290. The Labute approximate surface area is 198 Å². The lowest BCUT2D eigenvalue weighted by molar-refractivity contribution is 0.0943. The van der Waals surface area contributed by atoms with E-state index in [1.165, 1.54) is 0 Å². The van der Waals surface area contributed by atoms with Crippen LogP contribution in [-0.2, 0) is 10.0 Å². The Morgan fingerprint density at radius 2 is 1.76 bits per heavy atom. The number of sulfonamides is 1. The minimum absolute atomic E-state index is 0.0578. The van der Waals surface area contributed by atoms with Gasteiger partial charge in [-0.25, -0.2) is 17.5 Å². The molecule has 3 aromatic rings. The zero-order valence-electron chi connectivity index (χ0n) is 18.7. The second-order valence-electron chi connectivity index (χ2n) is 8.22. The molecule has 0 saturated carbocycles. The van der Waals surface area contributed by atoms with Crippen LogP contribution in [0.2, 0.25) is 0 Å². The molecule has 3 aromatic carbocycles. The summed E-state index contributed by atoms with van der Waals surface area (Å²) in [6.45, 7) is 4.22. The highest BCUT2D eigenvalue weighted by atomic mass is 32.2. The molecule has 7 nitrogen and oxygen atoms in total. The lowest BCUT2D eigenvalue weighted by Gasteiger charge is -2.26. The molecule has 0 radical (unpaired) electrons. The van der Waals surface area contributed by atoms with E-state index in [1.54, 1.807) is 30.3 Å². The van der Waals surface area contributed by atoms with Crippen LogP contribution in [0, 0.1) is 5.82 Å². The number of hydrogen-bond donors (Lipinski definition) is 2. The Hall–Kier alpha value is -3.43. The lowest BCUT2D eigenvalue weighted by Crippen LogP contribution is -2.40. The molecule has 4 rings (SSSR count). The zero-order chi connectivity index (χ0) is 24.3. The van der Waals surface area contributed by atoms with Gasteiger partial charge in [-0.05, 0) is 53.9 Å². The molecule has 0 saturated heterocycles. The summed E-state index contributed by atoms with van der Waals surface area (Å²) in [5.74, 6) is -0.116. The summed E-state index contributed by atoms with van der Waals surface area (Å²) in [5, 5.41) is 2.61. The van der Waals surface area contributed by atoms with Crippen LogP contribution in [0.5, 0.6) is 11.5 Å². The third kappa shape index (κ3) is 5.37. The topological polar surface area (TPSA) is 93.7 Å². The van der Waals surface area contributed by atoms with Crippen molar-refractivity contribution in [3.63, 3.8) is 0 Å². The van der Waals surface area contributed by atoms with Crippen LogP contribution in [-0.4, -0.2) is 33.6 Å². The normalized spacial score (nSPS) is 15.2. The fourth-order valence-electron chi connectivity index (χ4n) is 3.44. The fourth-order valence-corrected chi connectivity index (χ4v) is 4.54. The van der Waals surface area contributed by atoms with Gasteiger partial charge in [-0.2, -0.15) is 0 Å². The van der Waals surface area contributed by atoms with Gasteiger partial charge in [0, 0.05) is 5.69 Å². The first-order valence-corrected chi connectivity index (χ1v) is 12.3. The lowest BCUT2D eigenvalue weighted by atomic mass is 10.0. The van der Waals surface area contributed by atoms with Crippen molar-refractivity contribution in [2.45, 2.75) is 30.8 Å². The molecule has 34 heavy (non-hydrogen) atoms. The fraction of sp³-hybridized carbons (Fsp3) is 0.240. The second-order valence-corrected chi connectivity index (χ2v) is 9.99. The van der Waals surface area contributed by atoms with E-state index in [0.717, 1.165) is 23.8 Å². The van der Waals surface area contributed by atoms with Crippen LogP contribution < -0.4 is 19.5 Å². The summed E-state index contributed by atoms with van der Waals surface area (Å²) >= 11 is 0. The van der Waals surface area contributed by atoms with Gasteiger partial charge in [-0.15, -0.1) is 0 Å². The average molecular weight is 485 g/mol. The maximum atomic E-state index is 14.4. The molecule has 1 atom stereocenters.